The minimum atomic E-state index is -0.528. The van der Waals surface area contributed by atoms with Crippen LogP contribution in [0.25, 0.3) is 64.4 Å². The Bertz CT molecular complexity index is 3320. The van der Waals surface area contributed by atoms with E-state index in [4.69, 9.17) is 4.42 Å². The zero-order valence-corrected chi connectivity index (χ0v) is 32.3. The number of thiophene rings is 1. The molecule has 0 aliphatic heterocycles. The average Bonchev–Trinajstić information content (AvgIpc) is 3.97. The third kappa shape index (κ3) is 4.71. The van der Waals surface area contributed by atoms with Crippen LogP contribution in [0, 0.1) is 0 Å². The molecule has 0 amide bonds. The Morgan fingerprint density at radius 3 is 1.88 bits per heavy atom. The van der Waals surface area contributed by atoms with Gasteiger partial charge < -0.3 is 9.32 Å². The van der Waals surface area contributed by atoms with Crippen LogP contribution < -0.4 is 4.90 Å². The van der Waals surface area contributed by atoms with E-state index < -0.39 is 5.41 Å². The van der Waals surface area contributed by atoms with Crippen LogP contribution in [0.3, 0.4) is 0 Å². The Labute approximate surface area is 340 Å². The lowest BCUT2D eigenvalue weighted by Crippen LogP contribution is -2.28. The highest BCUT2D eigenvalue weighted by Gasteiger charge is 2.47. The number of rotatable bonds is 6. The summed E-state index contributed by atoms with van der Waals surface area (Å²) in [4.78, 5) is 2.45. The maximum atomic E-state index is 6.84. The molecule has 0 bridgehead atoms. The van der Waals surface area contributed by atoms with Crippen LogP contribution in [0.1, 0.15) is 22.3 Å². The largest absolute Gasteiger partial charge is 0.454 e. The highest BCUT2D eigenvalue weighted by atomic mass is 32.1. The van der Waals surface area contributed by atoms with Crippen molar-refractivity contribution in [2.24, 2.45) is 0 Å². The van der Waals surface area contributed by atoms with E-state index in [1.54, 1.807) is 0 Å². The van der Waals surface area contributed by atoms with Crippen molar-refractivity contribution < 1.29 is 4.42 Å². The van der Waals surface area contributed by atoms with Gasteiger partial charge in [0.25, 0.3) is 0 Å². The van der Waals surface area contributed by atoms with Gasteiger partial charge in [-0.25, -0.2) is 0 Å². The molecule has 9 aromatic carbocycles. The van der Waals surface area contributed by atoms with Crippen molar-refractivity contribution in [1.29, 1.82) is 0 Å². The van der Waals surface area contributed by atoms with Crippen LogP contribution in [0.2, 0.25) is 0 Å². The standard InChI is InChI=1S/C55H35NOS/c1-3-18-37(19-4-1)55(38-20-5-2-6-21-38)46-29-10-7-25-45(46)52-47(55)30-16-31-48(52)56(49-32-15-27-43-41-23-8-11-33-50(41)57-53(43)49)39-22-13-17-36(35-39)40-26-14-28-44-42-24-9-12-34-51(42)58-54(40)44/h1-35H. The lowest BCUT2D eigenvalue weighted by atomic mass is 9.68. The maximum Gasteiger partial charge on any atom is 0.159 e. The zero-order chi connectivity index (χ0) is 38.2. The third-order valence-corrected chi connectivity index (χ3v) is 13.4. The lowest BCUT2D eigenvalue weighted by molar-refractivity contribution is 0.669. The molecule has 2 aromatic heterocycles. The zero-order valence-electron chi connectivity index (χ0n) is 31.5. The molecule has 2 nitrogen and oxygen atoms in total. The molecule has 12 rings (SSSR count). The summed E-state index contributed by atoms with van der Waals surface area (Å²) in [5.74, 6) is 0. The minimum Gasteiger partial charge on any atom is -0.454 e. The summed E-state index contributed by atoms with van der Waals surface area (Å²) in [5.41, 5.74) is 14.3. The second-order valence-electron chi connectivity index (χ2n) is 15.1. The van der Waals surface area contributed by atoms with E-state index in [9.17, 15) is 0 Å². The van der Waals surface area contributed by atoms with Gasteiger partial charge in [-0.05, 0) is 75.3 Å². The fourth-order valence-corrected chi connectivity index (χ4v) is 11.0. The van der Waals surface area contributed by atoms with Crippen LogP contribution in [-0.4, -0.2) is 0 Å². The van der Waals surface area contributed by atoms with Gasteiger partial charge in [0.2, 0.25) is 0 Å². The van der Waals surface area contributed by atoms with Crippen LogP contribution in [0.5, 0.6) is 0 Å². The van der Waals surface area contributed by atoms with E-state index in [0.717, 1.165) is 39.0 Å². The Hall–Kier alpha value is -7.20. The van der Waals surface area contributed by atoms with Crippen molar-refractivity contribution >= 4 is 70.5 Å². The number of fused-ring (bicyclic) bond motifs is 9. The fraction of sp³-hybridized carbons (Fsp3) is 0.0182. The third-order valence-electron chi connectivity index (χ3n) is 12.1. The first-order valence-corrected chi connectivity index (χ1v) is 20.7. The Balaban J connectivity index is 1.17. The highest BCUT2D eigenvalue weighted by molar-refractivity contribution is 7.26. The van der Waals surface area contributed by atoms with Crippen molar-refractivity contribution in [1.82, 2.24) is 0 Å². The lowest BCUT2D eigenvalue weighted by Gasteiger charge is -2.34. The SMILES string of the molecule is c1ccc(C2(c3ccccc3)c3ccccc3-c3c(N(c4cccc(-c5cccc6c5sc5ccccc56)c4)c4cccc5c4oc4ccccc45)cccc32)cc1. The van der Waals surface area contributed by atoms with Gasteiger partial charge in [-0.2, -0.15) is 0 Å². The predicted octanol–water partition coefficient (Wildman–Crippen LogP) is 15.5. The molecule has 0 atom stereocenters. The molecule has 0 spiro atoms. The molecule has 1 aliphatic rings. The summed E-state index contributed by atoms with van der Waals surface area (Å²) in [6.45, 7) is 0. The first-order chi connectivity index (χ1) is 28.8. The number of furan rings is 1. The summed E-state index contributed by atoms with van der Waals surface area (Å²) in [6.07, 6.45) is 0. The summed E-state index contributed by atoms with van der Waals surface area (Å²) in [6, 6.07) is 77.4. The number of anilines is 3. The first kappa shape index (κ1) is 33.0. The van der Waals surface area contributed by atoms with Gasteiger partial charge >= 0.3 is 0 Å². The van der Waals surface area contributed by atoms with Crippen molar-refractivity contribution in [3.8, 4) is 22.3 Å². The number of benzene rings is 9. The maximum absolute atomic E-state index is 6.84. The van der Waals surface area contributed by atoms with Gasteiger partial charge in [-0.3, -0.25) is 0 Å². The second kappa shape index (κ2) is 12.9. The van der Waals surface area contributed by atoms with E-state index in [-0.39, 0.29) is 0 Å². The summed E-state index contributed by atoms with van der Waals surface area (Å²) >= 11 is 1.87. The van der Waals surface area contributed by atoms with Gasteiger partial charge in [0.1, 0.15) is 5.58 Å². The Morgan fingerprint density at radius 2 is 1.03 bits per heavy atom. The minimum absolute atomic E-state index is 0.528. The van der Waals surface area contributed by atoms with Gasteiger partial charge in [0.05, 0.1) is 16.8 Å². The van der Waals surface area contributed by atoms with Gasteiger partial charge in [0, 0.05) is 42.2 Å². The van der Waals surface area contributed by atoms with Gasteiger partial charge in [0.15, 0.2) is 5.58 Å². The monoisotopic (exact) mass is 757 g/mol. The van der Waals surface area contributed by atoms with Gasteiger partial charge in [-0.15, -0.1) is 11.3 Å². The molecule has 11 aromatic rings. The molecule has 272 valence electrons. The van der Waals surface area contributed by atoms with Crippen molar-refractivity contribution in [2.75, 3.05) is 4.90 Å². The smallest absolute Gasteiger partial charge is 0.159 e. The number of nitrogens with zero attached hydrogens (tertiary/aromatic N) is 1. The summed E-state index contributed by atoms with van der Waals surface area (Å²) in [5, 5.41) is 4.81. The molecule has 0 radical (unpaired) electrons. The topological polar surface area (TPSA) is 16.4 Å². The molecule has 2 heterocycles. The summed E-state index contributed by atoms with van der Waals surface area (Å²) < 4.78 is 9.45. The molecule has 0 saturated heterocycles. The predicted molar refractivity (Wildman–Crippen MR) is 244 cm³/mol. The Morgan fingerprint density at radius 1 is 0.431 bits per heavy atom. The first-order valence-electron chi connectivity index (χ1n) is 19.8. The molecule has 0 N–H and O–H groups in total. The van der Waals surface area contributed by atoms with Crippen molar-refractivity contribution in [2.45, 2.75) is 5.41 Å². The Kier molecular flexibility index (Phi) is 7.35. The molecule has 3 heteroatoms. The van der Waals surface area contributed by atoms with E-state index >= 15 is 0 Å². The van der Waals surface area contributed by atoms with E-state index in [1.165, 1.54) is 64.7 Å². The van der Waals surface area contributed by atoms with Crippen LogP contribution in [0.15, 0.2) is 217 Å². The van der Waals surface area contributed by atoms with Crippen LogP contribution in [0.4, 0.5) is 17.1 Å². The van der Waals surface area contributed by atoms with E-state index in [1.807, 2.05) is 17.4 Å². The van der Waals surface area contributed by atoms with Crippen molar-refractivity contribution in [3.63, 3.8) is 0 Å². The van der Waals surface area contributed by atoms with E-state index in [0.29, 0.717) is 0 Å². The molecule has 0 saturated carbocycles. The van der Waals surface area contributed by atoms with Crippen LogP contribution in [-0.2, 0) is 5.41 Å². The normalized spacial score (nSPS) is 13.0. The number of para-hydroxylation sites is 2. The molecule has 58 heavy (non-hydrogen) atoms. The van der Waals surface area contributed by atoms with Crippen LogP contribution >= 0.6 is 11.3 Å². The average molecular weight is 758 g/mol. The molecular formula is C55H35NOS. The highest BCUT2D eigenvalue weighted by Crippen LogP contribution is 2.60. The quantitative estimate of drug-likeness (QED) is 0.168. The summed E-state index contributed by atoms with van der Waals surface area (Å²) in [7, 11) is 0. The number of hydrogen-bond acceptors (Lipinski definition) is 3. The molecule has 1 aliphatic carbocycles. The van der Waals surface area contributed by atoms with E-state index in [2.05, 4.69) is 211 Å². The number of hydrogen-bond donors (Lipinski definition) is 0. The fourth-order valence-electron chi connectivity index (χ4n) is 9.76. The molecular weight excluding hydrogens is 723 g/mol. The second-order valence-corrected chi connectivity index (χ2v) is 16.2. The molecule has 0 unspecified atom stereocenters. The van der Waals surface area contributed by atoms with Gasteiger partial charge in [-0.1, -0.05) is 176 Å². The van der Waals surface area contributed by atoms with Crippen molar-refractivity contribution in [3.05, 3.63) is 235 Å². The molecule has 0 fully saturated rings.